The number of hydrogen-bond donors (Lipinski definition) is 1. The Kier molecular flexibility index (Phi) is 22.1. The van der Waals surface area contributed by atoms with E-state index in [1.807, 2.05) is 0 Å². The first-order valence-electron chi connectivity index (χ1n) is 2.71. The molecule has 0 aliphatic carbocycles. The van der Waals surface area contributed by atoms with E-state index < -0.39 is 0 Å². The van der Waals surface area contributed by atoms with Gasteiger partial charge in [0.2, 0.25) is 0 Å². The molecule has 1 nitrogen and oxygen atoms in total. The zero-order valence-electron chi connectivity index (χ0n) is 6.15. The summed E-state index contributed by atoms with van der Waals surface area (Å²) in [5.41, 5.74) is 0. The van der Waals surface area contributed by atoms with Crippen molar-refractivity contribution in [2.24, 2.45) is 0 Å². The van der Waals surface area contributed by atoms with Gasteiger partial charge >= 0.3 is 23.1 Å². The normalized spacial score (nSPS) is 16.0. The summed E-state index contributed by atoms with van der Waals surface area (Å²) >= 11 is 0. The van der Waals surface area contributed by atoms with E-state index in [0.29, 0.717) is 0 Å². The molecule has 1 fully saturated rings. The summed E-state index contributed by atoms with van der Waals surface area (Å²) < 4.78 is 0. The van der Waals surface area contributed by atoms with Crippen LogP contribution in [0.5, 0.6) is 0 Å². The van der Waals surface area contributed by atoms with E-state index in [1.54, 1.807) is 0 Å². The molecule has 1 aliphatic heterocycles. The fourth-order valence-electron chi connectivity index (χ4n) is 0.802. The molecule has 1 heterocycles. The molecule has 0 saturated carbocycles. The van der Waals surface area contributed by atoms with Gasteiger partial charge in [-0.3, -0.25) is 0 Å². The molecule has 52 valence electrons. The molecule has 1 rings (SSSR count). The summed E-state index contributed by atoms with van der Waals surface area (Å²) in [6.07, 6.45) is 4.22. The number of halogens is 1. The minimum Gasteiger partial charge on any atom is -0.358 e. The Labute approximate surface area is 84.9 Å². The largest absolute Gasteiger partial charge is 2.00 e. The fourth-order valence-corrected chi connectivity index (χ4v) is 0.802. The topological polar surface area (TPSA) is 12.0 Å². The second kappa shape index (κ2) is 11.9. The van der Waals surface area contributed by atoms with Crippen molar-refractivity contribution < 1.29 is 0 Å². The third kappa shape index (κ3) is 9.21. The van der Waals surface area contributed by atoms with Crippen LogP contribution in [0.4, 0.5) is 0 Å². The van der Waals surface area contributed by atoms with Gasteiger partial charge < -0.3 is 12.7 Å². The van der Waals surface area contributed by atoms with E-state index in [2.05, 4.69) is 5.32 Å². The Balaban J connectivity index is -0.000000120. The van der Waals surface area contributed by atoms with E-state index in [-0.39, 0.29) is 47.5 Å². The Hall–Kier alpha value is 1.21. The van der Waals surface area contributed by atoms with Crippen LogP contribution in [-0.2, 0) is 0 Å². The molecule has 0 unspecified atom stereocenters. The Morgan fingerprint density at radius 1 is 0.889 bits per heavy atom. The molecular weight excluding hydrogens is 190 g/mol. The van der Waals surface area contributed by atoms with E-state index in [1.165, 1.54) is 32.4 Å². The van der Waals surface area contributed by atoms with Gasteiger partial charge in [-0.2, -0.15) is 0 Å². The van der Waals surface area contributed by atoms with Crippen molar-refractivity contribution in [2.45, 2.75) is 19.3 Å². The standard InChI is InChI=1S/C5H11N.CH3.BrH.Mg/c1-2-4-6-5-3-1;;;/h6H,1-5H2;1H3;1H;/q;-1;;+2. The van der Waals surface area contributed by atoms with Gasteiger partial charge in [0, 0.05) is 0 Å². The zero-order chi connectivity index (χ0) is 4.24. The molecule has 0 atom stereocenters. The SMILES string of the molecule is Br.C1CCNCC1.[CH3-].[Mg+2]. The van der Waals surface area contributed by atoms with Gasteiger partial charge in [-0.05, 0) is 25.9 Å². The molecular formula is C6H15BrMgN+. The molecule has 1 saturated heterocycles. The van der Waals surface area contributed by atoms with Crippen LogP contribution in [0.1, 0.15) is 19.3 Å². The second-order valence-electron chi connectivity index (χ2n) is 1.81. The number of rotatable bonds is 0. The van der Waals surface area contributed by atoms with E-state index in [0.717, 1.165) is 0 Å². The summed E-state index contributed by atoms with van der Waals surface area (Å²) in [7, 11) is 0. The quantitative estimate of drug-likeness (QED) is 0.466. The van der Waals surface area contributed by atoms with Crippen molar-refractivity contribution in [1.29, 1.82) is 0 Å². The Bertz CT molecular complexity index is 28.5. The van der Waals surface area contributed by atoms with Crippen molar-refractivity contribution in [3.05, 3.63) is 7.43 Å². The molecule has 9 heavy (non-hydrogen) atoms. The van der Waals surface area contributed by atoms with E-state index in [9.17, 15) is 0 Å². The van der Waals surface area contributed by atoms with Gasteiger partial charge in [0.05, 0.1) is 0 Å². The zero-order valence-corrected chi connectivity index (χ0v) is 9.28. The van der Waals surface area contributed by atoms with Gasteiger partial charge in [0.15, 0.2) is 0 Å². The van der Waals surface area contributed by atoms with Crippen LogP contribution >= 0.6 is 17.0 Å². The summed E-state index contributed by atoms with van der Waals surface area (Å²) in [6, 6.07) is 0. The van der Waals surface area contributed by atoms with Crippen molar-refractivity contribution in [3.8, 4) is 0 Å². The molecule has 0 bridgehead atoms. The van der Waals surface area contributed by atoms with Crippen LogP contribution in [0.3, 0.4) is 0 Å². The molecule has 0 aromatic rings. The summed E-state index contributed by atoms with van der Waals surface area (Å²) in [4.78, 5) is 0. The van der Waals surface area contributed by atoms with Crippen LogP contribution in [0, 0.1) is 7.43 Å². The maximum Gasteiger partial charge on any atom is 2.00 e. The Morgan fingerprint density at radius 2 is 1.33 bits per heavy atom. The average Bonchev–Trinajstić information content (AvgIpc) is 1.72. The van der Waals surface area contributed by atoms with Crippen molar-refractivity contribution in [1.82, 2.24) is 5.32 Å². The molecule has 0 spiro atoms. The maximum atomic E-state index is 3.28. The van der Waals surface area contributed by atoms with Crippen molar-refractivity contribution in [3.63, 3.8) is 0 Å². The summed E-state index contributed by atoms with van der Waals surface area (Å²) in [6.45, 7) is 2.50. The minimum atomic E-state index is 0. The maximum absolute atomic E-state index is 3.28. The molecule has 0 aromatic carbocycles. The first kappa shape index (κ1) is 16.7. The summed E-state index contributed by atoms with van der Waals surface area (Å²) in [5.74, 6) is 0. The molecule has 1 N–H and O–H groups in total. The van der Waals surface area contributed by atoms with Crippen molar-refractivity contribution in [2.75, 3.05) is 13.1 Å². The van der Waals surface area contributed by atoms with Crippen LogP contribution in [-0.4, -0.2) is 36.1 Å². The van der Waals surface area contributed by atoms with Gasteiger partial charge in [0.1, 0.15) is 0 Å². The summed E-state index contributed by atoms with van der Waals surface area (Å²) in [5, 5.41) is 3.28. The number of piperidine rings is 1. The molecule has 3 heteroatoms. The smallest absolute Gasteiger partial charge is 0.358 e. The van der Waals surface area contributed by atoms with Crippen LogP contribution in [0.2, 0.25) is 0 Å². The van der Waals surface area contributed by atoms with Gasteiger partial charge in [0.25, 0.3) is 0 Å². The first-order valence-corrected chi connectivity index (χ1v) is 2.71. The van der Waals surface area contributed by atoms with E-state index in [4.69, 9.17) is 0 Å². The predicted octanol–water partition coefficient (Wildman–Crippen LogP) is 1.41. The monoisotopic (exact) mass is 204 g/mol. The average molecular weight is 205 g/mol. The molecule has 0 radical (unpaired) electrons. The third-order valence-electron chi connectivity index (χ3n) is 1.21. The molecule has 0 amide bonds. The first-order chi connectivity index (χ1) is 3.00. The Morgan fingerprint density at radius 3 is 1.44 bits per heavy atom. The fraction of sp³-hybridized carbons (Fsp3) is 0.833. The van der Waals surface area contributed by atoms with Gasteiger partial charge in [-0.25, -0.2) is 0 Å². The number of nitrogens with one attached hydrogen (secondary N) is 1. The van der Waals surface area contributed by atoms with Crippen LogP contribution in [0.15, 0.2) is 0 Å². The molecule has 1 aliphatic rings. The number of hydrogen-bond acceptors (Lipinski definition) is 1. The third-order valence-corrected chi connectivity index (χ3v) is 1.21. The minimum absolute atomic E-state index is 0. The van der Waals surface area contributed by atoms with Gasteiger partial charge in [-0.1, -0.05) is 6.42 Å². The van der Waals surface area contributed by atoms with Crippen LogP contribution in [0.25, 0.3) is 0 Å². The van der Waals surface area contributed by atoms with Gasteiger partial charge in [-0.15, -0.1) is 17.0 Å². The molecule has 0 aromatic heterocycles. The van der Waals surface area contributed by atoms with Crippen molar-refractivity contribution >= 4 is 40.0 Å². The predicted molar refractivity (Wildman–Crippen MR) is 49.2 cm³/mol. The van der Waals surface area contributed by atoms with Crippen LogP contribution < -0.4 is 5.32 Å². The second-order valence-corrected chi connectivity index (χ2v) is 1.81. The van der Waals surface area contributed by atoms with E-state index >= 15 is 0 Å².